The van der Waals surface area contributed by atoms with Crippen molar-refractivity contribution in [1.82, 2.24) is 0 Å². The molecule has 1 aromatic rings. The van der Waals surface area contributed by atoms with Gasteiger partial charge in [-0.2, -0.15) is 0 Å². The van der Waals surface area contributed by atoms with Crippen molar-refractivity contribution in [2.75, 3.05) is 7.11 Å². The summed E-state index contributed by atoms with van der Waals surface area (Å²) < 4.78 is 0. The Labute approximate surface area is 96.6 Å². The van der Waals surface area contributed by atoms with E-state index in [2.05, 4.69) is 54.7 Å². The van der Waals surface area contributed by atoms with Gasteiger partial charge in [-0.1, -0.05) is 55.4 Å². The fraction of sp³-hybridized carbons (Fsp3) is 0.357. The molecule has 2 rings (SSSR count). The highest BCUT2D eigenvalue weighted by molar-refractivity contribution is 5.79. The first-order valence-corrected chi connectivity index (χ1v) is 5.43. The van der Waals surface area contributed by atoms with Crippen molar-refractivity contribution >= 4 is 6.21 Å². The van der Waals surface area contributed by atoms with Crippen LogP contribution in [0.15, 0.2) is 41.6 Å². The minimum Gasteiger partial charge on any atom is -0.399 e. The van der Waals surface area contributed by atoms with Crippen LogP contribution in [0.25, 0.3) is 0 Å². The second-order valence-electron chi connectivity index (χ2n) is 4.76. The van der Waals surface area contributed by atoms with E-state index in [4.69, 9.17) is 0 Å². The summed E-state index contributed by atoms with van der Waals surface area (Å²) in [5.74, 6) is 0.515. The van der Waals surface area contributed by atoms with Crippen LogP contribution in [-0.2, 0) is 4.84 Å². The third-order valence-corrected chi connectivity index (χ3v) is 3.39. The molecular weight excluding hydrogens is 198 g/mol. The van der Waals surface area contributed by atoms with Gasteiger partial charge in [0.25, 0.3) is 0 Å². The topological polar surface area (TPSA) is 21.6 Å². The van der Waals surface area contributed by atoms with Crippen LogP contribution in [-0.4, -0.2) is 13.3 Å². The van der Waals surface area contributed by atoms with Gasteiger partial charge in [0, 0.05) is 5.92 Å². The van der Waals surface area contributed by atoms with Crippen LogP contribution in [0, 0.1) is 5.41 Å². The average Bonchev–Trinajstić information content (AvgIpc) is 2.76. The Morgan fingerprint density at radius 2 is 1.88 bits per heavy atom. The van der Waals surface area contributed by atoms with Crippen molar-refractivity contribution in [3.8, 4) is 0 Å². The fourth-order valence-corrected chi connectivity index (χ4v) is 2.14. The molecule has 1 aromatic carbocycles. The van der Waals surface area contributed by atoms with Crippen LogP contribution in [0.4, 0.5) is 0 Å². The number of allylic oxidation sites excluding steroid dienone is 1. The summed E-state index contributed by atoms with van der Waals surface area (Å²) in [4.78, 5) is 4.64. The average molecular weight is 215 g/mol. The SMILES string of the molecule is C=C1C(c2ccc(/C=N\OC)cc2)C1(C)C. The summed E-state index contributed by atoms with van der Waals surface area (Å²) >= 11 is 0. The van der Waals surface area contributed by atoms with E-state index in [0.717, 1.165) is 5.56 Å². The van der Waals surface area contributed by atoms with Crippen molar-refractivity contribution in [2.24, 2.45) is 10.6 Å². The molecule has 0 aliphatic heterocycles. The van der Waals surface area contributed by atoms with Gasteiger partial charge in [-0.25, -0.2) is 0 Å². The molecule has 16 heavy (non-hydrogen) atoms. The highest BCUT2D eigenvalue weighted by atomic mass is 16.6. The predicted molar refractivity (Wildman–Crippen MR) is 66.7 cm³/mol. The second kappa shape index (κ2) is 3.78. The van der Waals surface area contributed by atoms with E-state index in [0.29, 0.717) is 5.92 Å². The van der Waals surface area contributed by atoms with E-state index in [9.17, 15) is 0 Å². The molecule has 1 fully saturated rings. The summed E-state index contributed by atoms with van der Waals surface area (Å²) in [6.45, 7) is 8.58. The number of hydrogen-bond acceptors (Lipinski definition) is 2. The largest absolute Gasteiger partial charge is 0.399 e. The smallest absolute Gasteiger partial charge is 0.106 e. The van der Waals surface area contributed by atoms with Crippen molar-refractivity contribution in [2.45, 2.75) is 19.8 Å². The molecule has 0 saturated heterocycles. The molecule has 0 spiro atoms. The Bertz CT molecular complexity index is 429. The van der Waals surface area contributed by atoms with Crippen LogP contribution in [0.2, 0.25) is 0 Å². The number of rotatable bonds is 3. The first-order chi connectivity index (χ1) is 7.57. The summed E-state index contributed by atoms with van der Waals surface area (Å²) in [5, 5.41) is 3.73. The molecule has 0 bridgehead atoms. The molecule has 1 aliphatic rings. The van der Waals surface area contributed by atoms with Crippen LogP contribution < -0.4 is 0 Å². The number of benzene rings is 1. The van der Waals surface area contributed by atoms with Gasteiger partial charge < -0.3 is 4.84 Å². The van der Waals surface area contributed by atoms with Crippen LogP contribution in [0.3, 0.4) is 0 Å². The van der Waals surface area contributed by atoms with E-state index < -0.39 is 0 Å². The Kier molecular flexibility index (Phi) is 2.58. The van der Waals surface area contributed by atoms with Gasteiger partial charge in [0.05, 0.1) is 6.21 Å². The Morgan fingerprint density at radius 1 is 1.31 bits per heavy atom. The summed E-state index contributed by atoms with van der Waals surface area (Å²) in [5.41, 5.74) is 3.98. The molecule has 1 saturated carbocycles. The fourth-order valence-electron chi connectivity index (χ4n) is 2.14. The maximum Gasteiger partial charge on any atom is 0.106 e. The normalized spacial score (nSPS) is 22.4. The maximum absolute atomic E-state index is 4.64. The highest BCUT2D eigenvalue weighted by Gasteiger charge is 2.51. The zero-order valence-electron chi connectivity index (χ0n) is 10.0. The minimum atomic E-state index is 0.266. The molecular formula is C14H17NO. The van der Waals surface area contributed by atoms with Crippen LogP contribution >= 0.6 is 0 Å². The van der Waals surface area contributed by atoms with E-state index in [1.165, 1.54) is 11.1 Å². The van der Waals surface area contributed by atoms with Crippen molar-refractivity contribution in [1.29, 1.82) is 0 Å². The molecule has 0 amide bonds. The monoisotopic (exact) mass is 215 g/mol. The minimum absolute atomic E-state index is 0.266. The van der Waals surface area contributed by atoms with Gasteiger partial charge in [0.2, 0.25) is 0 Å². The van der Waals surface area contributed by atoms with Crippen molar-refractivity contribution in [3.05, 3.63) is 47.5 Å². The second-order valence-corrected chi connectivity index (χ2v) is 4.76. The summed E-state index contributed by atoms with van der Waals surface area (Å²) in [7, 11) is 1.54. The van der Waals surface area contributed by atoms with Crippen LogP contribution in [0.5, 0.6) is 0 Å². The highest BCUT2D eigenvalue weighted by Crippen LogP contribution is 2.62. The lowest BCUT2D eigenvalue weighted by atomic mass is 10.0. The molecule has 0 heterocycles. The maximum atomic E-state index is 4.64. The Hall–Kier alpha value is -1.57. The molecule has 2 heteroatoms. The van der Waals surface area contributed by atoms with E-state index in [1.54, 1.807) is 13.3 Å². The number of hydrogen-bond donors (Lipinski definition) is 0. The zero-order chi connectivity index (χ0) is 11.8. The molecule has 1 atom stereocenters. The summed E-state index contributed by atoms with van der Waals surface area (Å²) in [6.07, 6.45) is 1.71. The first kappa shape index (κ1) is 10.9. The molecule has 0 N–H and O–H groups in total. The quantitative estimate of drug-likeness (QED) is 0.430. The Balaban J connectivity index is 2.15. The lowest BCUT2D eigenvalue weighted by Crippen LogP contribution is -1.90. The Morgan fingerprint density at radius 3 is 2.31 bits per heavy atom. The van der Waals surface area contributed by atoms with Gasteiger partial charge in [-0.15, -0.1) is 0 Å². The van der Waals surface area contributed by atoms with Gasteiger partial charge >= 0.3 is 0 Å². The van der Waals surface area contributed by atoms with Gasteiger partial charge in [-0.3, -0.25) is 0 Å². The van der Waals surface area contributed by atoms with Gasteiger partial charge in [0.1, 0.15) is 7.11 Å². The predicted octanol–water partition coefficient (Wildman–Crippen LogP) is 3.35. The molecule has 0 aromatic heterocycles. The van der Waals surface area contributed by atoms with Gasteiger partial charge in [-0.05, 0) is 16.5 Å². The van der Waals surface area contributed by atoms with Gasteiger partial charge in [0.15, 0.2) is 0 Å². The molecule has 0 radical (unpaired) electrons. The van der Waals surface area contributed by atoms with E-state index in [1.807, 2.05) is 0 Å². The first-order valence-electron chi connectivity index (χ1n) is 5.43. The van der Waals surface area contributed by atoms with E-state index in [-0.39, 0.29) is 5.41 Å². The lowest BCUT2D eigenvalue weighted by Gasteiger charge is -2.02. The molecule has 1 unspecified atom stereocenters. The third-order valence-electron chi connectivity index (χ3n) is 3.39. The lowest BCUT2D eigenvalue weighted by molar-refractivity contribution is 0.215. The standard InChI is InChI=1S/C14H17NO/c1-10-13(14(10,2)3)12-7-5-11(6-8-12)9-15-16-4/h5-9,13H,1H2,2-4H3/b15-9-. The molecule has 1 aliphatic carbocycles. The molecule has 84 valence electrons. The number of nitrogens with zero attached hydrogens (tertiary/aromatic N) is 1. The van der Waals surface area contributed by atoms with Crippen molar-refractivity contribution < 1.29 is 4.84 Å². The molecule has 2 nitrogen and oxygen atoms in total. The van der Waals surface area contributed by atoms with Crippen LogP contribution in [0.1, 0.15) is 30.9 Å². The zero-order valence-corrected chi connectivity index (χ0v) is 10.0. The van der Waals surface area contributed by atoms with Crippen molar-refractivity contribution in [3.63, 3.8) is 0 Å². The third kappa shape index (κ3) is 1.75. The number of oxime groups is 1. The van der Waals surface area contributed by atoms with E-state index >= 15 is 0 Å². The summed E-state index contributed by atoms with van der Waals surface area (Å²) in [6, 6.07) is 8.39.